The van der Waals surface area contributed by atoms with E-state index in [2.05, 4.69) is 28.5 Å². The van der Waals surface area contributed by atoms with Gasteiger partial charge in [-0.1, -0.05) is 12.1 Å². The molecule has 1 fully saturated rings. The fourth-order valence-electron chi connectivity index (χ4n) is 2.36. The van der Waals surface area contributed by atoms with Crippen molar-refractivity contribution in [3.05, 3.63) is 29.1 Å². The molecule has 0 bridgehead atoms. The van der Waals surface area contributed by atoms with E-state index in [0.717, 1.165) is 26.3 Å². The second-order valence-corrected chi connectivity index (χ2v) is 5.13. The van der Waals surface area contributed by atoms with Crippen LogP contribution in [0.4, 0.5) is 5.69 Å². The quantitative estimate of drug-likeness (QED) is 0.885. The third-order valence-corrected chi connectivity index (χ3v) is 4.16. The Labute approximate surface area is 105 Å². The minimum absolute atomic E-state index is 0.598. The van der Waals surface area contributed by atoms with Crippen molar-refractivity contribution < 1.29 is 4.74 Å². The first-order chi connectivity index (χ1) is 8.40. The minimum atomic E-state index is 0.598. The summed E-state index contributed by atoms with van der Waals surface area (Å²) in [7, 11) is 0. The molecule has 0 spiro atoms. The number of nitrogens with zero attached hydrogens (tertiary/aromatic N) is 1. The molecule has 1 aliphatic rings. The van der Waals surface area contributed by atoms with Crippen LogP contribution in [0.25, 0.3) is 10.1 Å². The summed E-state index contributed by atoms with van der Waals surface area (Å²) in [4.78, 5) is 2.41. The molecule has 3 rings (SSSR count). The van der Waals surface area contributed by atoms with Gasteiger partial charge in [-0.2, -0.15) is 0 Å². The van der Waals surface area contributed by atoms with Crippen LogP contribution in [0.15, 0.2) is 23.6 Å². The molecule has 17 heavy (non-hydrogen) atoms. The van der Waals surface area contributed by atoms with Gasteiger partial charge in [-0.05, 0) is 22.4 Å². The number of thiophene rings is 1. The van der Waals surface area contributed by atoms with Gasteiger partial charge in [0.05, 0.1) is 23.6 Å². The van der Waals surface area contributed by atoms with E-state index in [1.54, 1.807) is 11.3 Å². The van der Waals surface area contributed by atoms with Crippen LogP contribution in [-0.4, -0.2) is 26.3 Å². The predicted octanol–water partition coefficient (Wildman–Crippen LogP) is 2.20. The SMILES string of the molecule is NCc1ccc2ccsc2c1N1CCOCC1. The molecule has 1 aromatic heterocycles. The van der Waals surface area contributed by atoms with Crippen LogP contribution >= 0.6 is 11.3 Å². The number of nitrogens with two attached hydrogens (primary N) is 1. The van der Waals surface area contributed by atoms with Gasteiger partial charge in [-0.15, -0.1) is 11.3 Å². The Kier molecular flexibility index (Phi) is 3.01. The standard InChI is InChI=1S/C13H16N2OS/c14-9-11-2-1-10-3-8-17-13(10)12(11)15-4-6-16-7-5-15/h1-3,8H,4-7,9,14H2. The van der Waals surface area contributed by atoms with Crippen molar-refractivity contribution >= 4 is 27.1 Å². The highest BCUT2D eigenvalue weighted by molar-refractivity contribution is 7.17. The Morgan fingerprint density at radius 3 is 2.82 bits per heavy atom. The van der Waals surface area contributed by atoms with Crippen molar-refractivity contribution in [2.45, 2.75) is 6.54 Å². The third kappa shape index (κ3) is 1.92. The van der Waals surface area contributed by atoms with Crippen molar-refractivity contribution in [2.75, 3.05) is 31.2 Å². The van der Waals surface area contributed by atoms with E-state index in [9.17, 15) is 0 Å². The average molecular weight is 248 g/mol. The lowest BCUT2D eigenvalue weighted by molar-refractivity contribution is 0.123. The monoisotopic (exact) mass is 248 g/mol. The van der Waals surface area contributed by atoms with Crippen LogP contribution in [0.1, 0.15) is 5.56 Å². The van der Waals surface area contributed by atoms with Gasteiger partial charge in [0.15, 0.2) is 0 Å². The highest BCUT2D eigenvalue weighted by atomic mass is 32.1. The lowest BCUT2D eigenvalue weighted by Gasteiger charge is -2.31. The Hall–Kier alpha value is -1.10. The molecule has 0 atom stereocenters. The largest absolute Gasteiger partial charge is 0.378 e. The summed E-state index contributed by atoms with van der Waals surface area (Å²) in [6.07, 6.45) is 0. The number of rotatable bonds is 2. The van der Waals surface area contributed by atoms with Gasteiger partial charge in [0.25, 0.3) is 0 Å². The third-order valence-electron chi connectivity index (χ3n) is 3.23. The molecule has 1 aliphatic heterocycles. The Morgan fingerprint density at radius 2 is 2.06 bits per heavy atom. The summed E-state index contributed by atoms with van der Waals surface area (Å²) in [5, 5.41) is 3.46. The van der Waals surface area contributed by atoms with Gasteiger partial charge >= 0.3 is 0 Å². The molecule has 1 aromatic carbocycles. The number of hydrogen-bond donors (Lipinski definition) is 1. The van der Waals surface area contributed by atoms with Gasteiger partial charge < -0.3 is 15.4 Å². The lowest BCUT2D eigenvalue weighted by atomic mass is 10.1. The normalized spacial score (nSPS) is 16.6. The van der Waals surface area contributed by atoms with Gasteiger partial charge in [-0.3, -0.25) is 0 Å². The number of anilines is 1. The number of ether oxygens (including phenoxy) is 1. The second kappa shape index (κ2) is 4.64. The first-order valence-electron chi connectivity index (χ1n) is 5.92. The van der Waals surface area contributed by atoms with Crippen LogP contribution in [0.2, 0.25) is 0 Å². The summed E-state index contributed by atoms with van der Waals surface area (Å²) in [5.41, 5.74) is 8.42. The molecule has 3 nitrogen and oxygen atoms in total. The smallest absolute Gasteiger partial charge is 0.0642 e. The highest BCUT2D eigenvalue weighted by Crippen LogP contribution is 2.35. The minimum Gasteiger partial charge on any atom is -0.378 e. The van der Waals surface area contributed by atoms with Gasteiger partial charge in [0.1, 0.15) is 0 Å². The van der Waals surface area contributed by atoms with Crippen molar-refractivity contribution in [2.24, 2.45) is 5.73 Å². The lowest BCUT2D eigenvalue weighted by Crippen LogP contribution is -2.37. The number of hydrogen-bond acceptors (Lipinski definition) is 4. The zero-order valence-corrected chi connectivity index (χ0v) is 10.5. The highest BCUT2D eigenvalue weighted by Gasteiger charge is 2.17. The fourth-order valence-corrected chi connectivity index (χ4v) is 3.35. The summed E-state index contributed by atoms with van der Waals surface area (Å²) in [6.45, 7) is 4.14. The molecule has 2 heterocycles. The van der Waals surface area contributed by atoms with E-state index >= 15 is 0 Å². The maximum absolute atomic E-state index is 5.86. The Morgan fingerprint density at radius 1 is 1.24 bits per heavy atom. The van der Waals surface area contributed by atoms with Crippen LogP contribution in [0.5, 0.6) is 0 Å². The van der Waals surface area contributed by atoms with Crippen LogP contribution in [0, 0.1) is 0 Å². The van der Waals surface area contributed by atoms with Crippen molar-refractivity contribution in [3.8, 4) is 0 Å². The molecule has 1 saturated heterocycles. The van der Waals surface area contributed by atoms with Crippen molar-refractivity contribution in [1.29, 1.82) is 0 Å². The van der Waals surface area contributed by atoms with Crippen molar-refractivity contribution in [3.63, 3.8) is 0 Å². The molecule has 0 unspecified atom stereocenters. The van der Waals surface area contributed by atoms with Crippen molar-refractivity contribution in [1.82, 2.24) is 0 Å². The average Bonchev–Trinajstić information content (AvgIpc) is 2.86. The zero-order chi connectivity index (χ0) is 11.7. The Bertz CT molecular complexity index is 517. The number of benzene rings is 1. The molecular formula is C13H16N2OS. The zero-order valence-electron chi connectivity index (χ0n) is 9.69. The van der Waals surface area contributed by atoms with Crippen LogP contribution in [0.3, 0.4) is 0 Å². The molecular weight excluding hydrogens is 232 g/mol. The van der Waals surface area contributed by atoms with Crippen LogP contribution < -0.4 is 10.6 Å². The number of fused-ring (bicyclic) bond motifs is 1. The van der Waals surface area contributed by atoms with E-state index in [1.165, 1.54) is 21.3 Å². The molecule has 0 radical (unpaired) electrons. The van der Waals surface area contributed by atoms with E-state index in [4.69, 9.17) is 10.5 Å². The second-order valence-electron chi connectivity index (χ2n) is 4.22. The molecule has 0 aliphatic carbocycles. The molecule has 2 aromatic rings. The van der Waals surface area contributed by atoms with Gasteiger partial charge in [-0.25, -0.2) is 0 Å². The summed E-state index contributed by atoms with van der Waals surface area (Å²) < 4.78 is 6.78. The Balaban J connectivity index is 2.12. The summed E-state index contributed by atoms with van der Waals surface area (Å²) in [5.74, 6) is 0. The number of morpholine rings is 1. The van der Waals surface area contributed by atoms with E-state index in [-0.39, 0.29) is 0 Å². The van der Waals surface area contributed by atoms with Crippen LogP contribution in [-0.2, 0) is 11.3 Å². The fraction of sp³-hybridized carbons (Fsp3) is 0.385. The van der Waals surface area contributed by atoms with E-state index in [0.29, 0.717) is 6.54 Å². The van der Waals surface area contributed by atoms with Gasteiger partial charge in [0, 0.05) is 19.6 Å². The topological polar surface area (TPSA) is 38.5 Å². The molecule has 0 amide bonds. The molecule has 4 heteroatoms. The molecule has 0 saturated carbocycles. The first kappa shape index (κ1) is 11.0. The first-order valence-corrected chi connectivity index (χ1v) is 6.80. The van der Waals surface area contributed by atoms with E-state index in [1.807, 2.05) is 0 Å². The maximum Gasteiger partial charge on any atom is 0.0642 e. The maximum atomic E-state index is 5.86. The molecule has 2 N–H and O–H groups in total. The molecule has 90 valence electrons. The predicted molar refractivity (Wildman–Crippen MR) is 72.7 cm³/mol. The van der Waals surface area contributed by atoms with Gasteiger partial charge in [0.2, 0.25) is 0 Å². The summed E-state index contributed by atoms with van der Waals surface area (Å²) >= 11 is 1.80. The van der Waals surface area contributed by atoms with E-state index < -0.39 is 0 Å². The summed E-state index contributed by atoms with van der Waals surface area (Å²) in [6, 6.07) is 6.49.